The number of Topliss-reactive ketones (excluding diaryl/α,β-unsaturated/α-hetero) is 1. The van der Waals surface area contributed by atoms with Crippen molar-refractivity contribution in [3.63, 3.8) is 0 Å². The fourth-order valence-electron chi connectivity index (χ4n) is 2.61. The number of nitrogens with zero attached hydrogens (tertiary/aromatic N) is 2. The van der Waals surface area contributed by atoms with Crippen molar-refractivity contribution >= 4 is 46.0 Å². The molecule has 2 heterocycles. The van der Waals surface area contributed by atoms with E-state index in [1.165, 1.54) is 18.0 Å². The highest BCUT2D eigenvalue weighted by molar-refractivity contribution is 7.98. The van der Waals surface area contributed by atoms with E-state index in [-0.39, 0.29) is 16.5 Å². The highest BCUT2D eigenvalue weighted by Gasteiger charge is 2.19. The quantitative estimate of drug-likeness (QED) is 0.297. The van der Waals surface area contributed by atoms with Crippen LogP contribution in [0.1, 0.15) is 33.3 Å². The average molecular weight is 390 g/mol. The van der Waals surface area contributed by atoms with Gasteiger partial charge in [0, 0.05) is 22.7 Å². The maximum absolute atomic E-state index is 12.5. The number of ether oxygens (including phenoxy) is 1. The number of carbonyl (C=O) groups is 2. The molecule has 2 aromatic heterocycles. The zero-order valence-electron chi connectivity index (χ0n) is 14.2. The van der Waals surface area contributed by atoms with Crippen LogP contribution in [0, 0.1) is 0 Å². The summed E-state index contributed by atoms with van der Waals surface area (Å²) in [6.45, 7) is 1.66. The number of para-hydroxylation sites is 1. The molecule has 0 aliphatic rings. The fourth-order valence-corrected chi connectivity index (χ4v) is 3.12. The number of esters is 1. The average Bonchev–Trinajstić information content (AvgIpc) is 3.10. The Kier molecular flexibility index (Phi) is 5.58. The summed E-state index contributed by atoms with van der Waals surface area (Å²) in [7, 11) is 0. The van der Waals surface area contributed by atoms with Crippen molar-refractivity contribution in [2.45, 2.75) is 18.5 Å². The Labute approximate surface area is 159 Å². The first-order valence-electron chi connectivity index (χ1n) is 7.91. The van der Waals surface area contributed by atoms with Gasteiger partial charge in [0.05, 0.1) is 11.2 Å². The Balaban J connectivity index is 1.76. The van der Waals surface area contributed by atoms with E-state index in [4.69, 9.17) is 16.3 Å². The van der Waals surface area contributed by atoms with Gasteiger partial charge >= 0.3 is 5.97 Å². The summed E-state index contributed by atoms with van der Waals surface area (Å²) in [4.78, 5) is 35.8. The van der Waals surface area contributed by atoms with Crippen molar-refractivity contribution < 1.29 is 14.3 Å². The van der Waals surface area contributed by atoms with Crippen molar-refractivity contribution in [3.8, 4) is 0 Å². The van der Waals surface area contributed by atoms with Gasteiger partial charge < -0.3 is 9.72 Å². The Morgan fingerprint density at radius 2 is 2.15 bits per heavy atom. The Morgan fingerprint density at radius 3 is 2.88 bits per heavy atom. The summed E-state index contributed by atoms with van der Waals surface area (Å²) in [5.41, 5.74) is 2.48. The summed E-state index contributed by atoms with van der Waals surface area (Å²) >= 11 is 7.23. The lowest BCUT2D eigenvalue weighted by Gasteiger charge is -2.06. The summed E-state index contributed by atoms with van der Waals surface area (Å²) in [6.07, 6.45) is 5.61. The van der Waals surface area contributed by atoms with Gasteiger partial charge in [-0.05, 0) is 18.2 Å². The second-order valence-corrected chi connectivity index (χ2v) is 6.63. The van der Waals surface area contributed by atoms with Crippen molar-refractivity contribution in [1.29, 1.82) is 0 Å². The third-order valence-corrected chi connectivity index (χ3v) is 4.75. The Hall–Kier alpha value is -2.38. The standard InChI is InChI=1S/C18H16ClN3O3S/c1-3-10-5-4-6-11-12(7-20-15(10)11)14(23)9-25-17(24)16-13(19)8-21-18(22-16)26-2/h4-8,20H,3,9H2,1-2H3. The number of carbonyl (C=O) groups excluding carboxylic acids is 2. The molecule has 0 aliphatic heterocycles. The van der Waals surface area contributed by atoms with Gasteiger partial charge in [0.1, 0.15) is 0 Å². The minimum atomic E-state index is -0.755. The number of hydrogen-bond acceptors (Lipinski definition) is 6. The third-order valence-electron chi connectivity index (χ3n) is 3.92. The monoisotopic (exact) mass is 389 g/mol. The first-order valence-corrected chi connectivity index (χ1v) is 9.51. The van der Waals surface area contributed by atoms with Gasteiger partial charge in [0.2, 0.25) is 5.78 Å². The Bertz CT molecular complexity index is 987. The lowest BCUT2D eigenvalue weighted by molar-refractivity contribution is 0.0468. The molecule has 0 spiro atoms. The van der Waals surface area contributed by atoms with Crippen molar-refractivity contribution in [3.05, 3.63) is 52.4 Å². The van der Waals surface area contributed by atoms with Crippen LogP contribution in [0.4, 0.5) is 0 Å². The number of H-pyrrole nitrogens is 1. The zero-order valence-corrected chi connectivity index (χ0v) is 15.8. The highest BCUT2D eigenvalue weighted by Crippen LogP contribution is 2.23. The molecule has 0 atom stereocenters. The molecule has 1 N–H and O–H groups in total. The van der Waals surface area contributed by atoms with Crippen molar-refractivity contribution in [2.24, 2.45) is 0 Å². The summed E-state index contributed by atoms with van der Waals surface area (Å²) in [5.74, 6) is -1.05. The van der Waals surface area contributed by atoms with Crippen LogP contribution in [0.25, 0.3) is 10.9 Å². The number of hydrogen-bond donors (Lipinski definition) is 1. The van der Waals surface area contributed by atoms with Crippen LogP contribution in [0.5, 0.6) is 0 Å². The predicted octanol–water partition coefficient (Wildman–Crippen LogP) is 3.94. The highest BCUT2D eigenvalue weighted by atomic mass is 35.5. The predicted molar refractivity (Wildman–Crippen MR) is 101 cm³/mol. The minimum Gasteiger partial charge on any atom is -0.453 e. The van der Waals surface area contributed by atoms with Crippen molar-refractivity contribution in [1.82, 2.24) is 15.0 Å². The normalized spacial score (nSPS) is 10.9. The summed E-state index contributed by atoms with van der Waals surface area (Å²) < 4.78 is 5.11. The number of aromatic nitrogens is 3. The molecule has 0 saturated carbocycles. The van der Waals surface area contributed by atoms with Gasteiger partial charge in [-0.1, -0.05) is 48.5 Å². The lowest BCUT2D eigenvalue weighted by Crippen LogP contribution is -2.16. The van der Waals surface area contributed by atoms with Crippen LogP contribution in [-0.2, 0) is 11.2 Å². The number of aromatic amines is 1. The van der Waals surface area contributed by atoms with Gasteiger partial charge in [-0.2, -0.15) is 0 Å². The van der Waals surface area contributed by atoms with Gasteiger partial charge in [-0.3, -0.25) is 4.79 Å². The summed E-state index contributed by atoms with van der Waals surface area (Å²) in [5, 5.41) is 1.30. The number of halogens is 1. The van der Waals surface area contributed by atoms with E-state index >= 15 is 0 Å². The van der Waals surface area contributed by atoms with E-state index in [0.717, 1.165) is 22.9 Å². The molecule has 0 unspecified atom stereocenters. The second kappa shape index (κ2) is 7.88. The first-order chi connectivity index (χ1) is 12.5. The number of thioether (sulfide) groups is 1. The number of ketones is 1. The largest absolute Gasteiger partial charge is 0.453 e. The molecule has 6 nitrogen and oxygen atoms in total. The molecule has 8 heteroatoms. The molecule has 0 amide bonds. The molecule has 3 aromatic rings. The zero-order chi connectivity index (χ0) is 18.7. The van der Waals surface area contributed by atoms with Crippen LogP contribution in [-0.4, -0.2) is 39.6 Å². The van der Waals surface area contributed by atoms with Crippen LogP contribution in [0.2, 0.25) is 5.02 Å². The van der Waals surface area contributed by atoms with Gasteiger partial charge in [0.25, 0.3) is 0 Å². The van der Waals surface area contributed by atoms with E-state index in [2.05, 4.69) is 15.0 Å². The Morgan fingerprint density at radius 1 is 1.35 bits per heavy atom. The van der Waals surface area contributed by atoms with Crippen LogP contribution in [0.15, 0.2) is 35.7 Å². The third kappa shape index (κ3) is 3.59. The number of aryl methyl sites for hydroxylation is 1. The van der Waals surface area contributed by atoms with Crippen molar-refractivity contribution in [2.75, 3.05) is 12.9 Å². The smallest absolute Gasteiger partial charge is 0.359 e. The molecule has 0 radical (unpaired) electrons. The van der Waals surface area contributed by atoms with Gasteiger partial charge in [-0.15, -0.1) is 0 Å². The van der Waals surface area contributed by atoms with E-state index < -0.39 is 12.6 Å². The molecule has 0 saturated heterocycles. The maximum Gasteiger partial charge on any atom is 0.359 e. The second-order valence-electron chi connectivity index (χ2n) is 5.45. The van der Waals surface area contributed by atoms with Gasteiger partial charge in [0.15, 0.2) is 17.5 Å². The molecule has 0 aliphatic carbocycles. The van der Waals surface area contributed by atoms with Crippen LogP contribution in [0.3, 0.4) is 0 Å². The number of fused-ring (bicyclic) bond motifs is 1. The van der Waals surface area contributed by atoms with E-state index in [1.807, 2.05) is 25.1 Å². The van der Waals surface area contributed by atoms with Crippen LogP contribution >= 0.6 is 23.4 Å². The van der Waals surface area contributed by atoms with Crippen LogP contribution < -0.4 is 0 Å². The molecule has 26 heavy (non-hydrogen) atoms. The van der Waals surface area contributed by atoms with E-state index in [9.17, 15) is 9.59 Å². The summed E-state index contributed by atoms with van der Waals surface area (Å²) in [6, 6.07) is 5.78. The molecule has 0 bridgehead atoms. The first kappa shape index (κ1) is 18.4. The molecule has 0 fully saturated rings. The van der Waals surface area contributed by atoms with E-state index in [0.29, 0.717) is 10.7 Å². The molecule has 1 aromatic carbocycles. The topological polar surface area (TPSA) is 84.9 Å². The fraction of sp³-hybridized carbons (Fsp3) is 0.222. The van der Waals surface area contributed by atoms with Gasteiger partial charge in [-0.25, -0.2) is 14.8 Å². The van der Waals surface area contributed by atoms with E-state index in [1.54, 1.807) is 12.5 Å². The number of rotatable bonds is 6. The molecular formula is C18H16ClN3O3S. The number of benzene rings is 1. The lowest BCUT2D eigenvalue weighted by atomic mass is 10.1. The SMILES string of the molecule is CCc1cccc2c(C(=O)COC(=O)c3nc(SC)ncc3Cl)c[nH]c12. The number of nitrogens with one attached hydrogen (secondary N) is 1. The maximum atomic E-state index is 12.5. The minimum absolute atomic E-state index is 0.0500. The molecule has 134 valence electrons. The molecular weight excluding hydrogens is 374 g/mol. The molecule has 3 rings (SSSR count).